The third kappa shape index (κ3) is 4.85. The van der Waals surface area contributed by atoms with E-state index in [1.165, 1.54) is 6.21 Å². The number of carbonyl (C=O) groups is 1. The first-order chi connectivity index (χ1) is 14.4. The average molecular weight is 429 g/mol. The van der Waals surface area contributed by atoms with E-state index in [-0.39, 0.29) is 5.91 Å². The molecule has 0 bridgehead atoms. The maximum Gasteiger partial charge on any atom is 0.271 e. The van der Waals surface area contributed by atoms with Crippen LogP contribution < -0.4 is 19.6 Å². The van der Waals surface area contributed by atoms with Crippen molar-refractivity contribution >= 4 is 34.9 Å². The SMILES string of the molecule is COc1cc(OC)c(OC)cc1/C=N\NC(=O)c1ccc2nc(SC(C)C)[nH]c2c1. The molecule has 3 aromatic rings. The van der Waals surface area contributed by atoms with Gasteiger partial charge < -0.3 is 19.2 Å². The van der Waals surface area contributed by atoms with Crippen molar-refractivity contribution < 1.29 is 19.0 Å². The highest BCUT2D eigenvalue weighted by molar-refractivity contribution is 7.99. The molecule has 0 saturated heterocycles. The number of carbonyl (C=O) groups excluding carboxylic acids is 1. The molecule has 0 fully saturated rings. The lowest BCUT2D eigenvalue weighted by molar-refractivity contribution is 0.0955. The number of H-pyrrole nitrogens is 1. The number of amides is 1. The number of aromatic amines is 1. The normalized spacial score (nSPS) is 11.3. The highest BCUT2D eigenvalue weighted by atomic mass is 32.2. The fourth-order valence-electron chi connectivity index (χ4n) is 2.79. The smallest absolute Gasteiger partial charge is 0.271 e. The molecule has 2 aromatic carbocycles. The Balaban J connectivity index is 1.75. The molecule has 158 valence electrons. The maximum absolute atomic E-state index is 12.5. The summed E-state index contributed by atoms with van der Waals surface area (Å²) >= 11 is 1.64. The second-order valence-corrected chi connectivity index (χ2v) is 8.15. The number of hydrogen-bond acceptors (Lipinski definition) is 7. The number of rotatable bonds is 8. The van der Waals surface area contributed by atoms with E-state index in [1.54, 1.807) is 57.4 Å². The summed E-state index contributed by atoms with van der Waals surface area (Å²) in [5.41, 5.74) is 5.26. The highest BCUT2D eigenvalue weighted by Gasteiger charge is 2.12. The lowest BCUT2D eigenvalue weighted by atomic mass is 10.2. The van der Waals surface area contributed by atoms with Gasteiger partial charge in [-0.3, -0.25) is 4.79 Å². The fraction of sp³-hybridized carbons (Fsp3) is 0.286. The molecule has 30 heavy (non-hydrogen) atoms. The third-order valence-corrected chi connectivity index (χ3v) is 5.06. The largest absolute Gasteiger partial charge is 0.496 e. The molecule has 0 saturated carbocycles. The minimum atomic E-state index is -0.333. The summed E-state index contributed by atoms with van der Waals surface area (Å²) in [7, 11) is 4.64. The molecule has 0 unspecified atom stereocenters. The Labute approximate surface area is 179 Å². The molecule has 0 spiro atoms. The second kappa shape index (κ2) is 9.53. The van der Waals surface area contributed by atoms with Gasteiger partial charge in [-0.25, -0.2) is 10.4 Å². The molecule has 3 rings (SSSR count). The first-order valence-electron chi connectivity index (χ1n) is 9.25. The van der Waals surface area contributed by atoms with E-state index in [0.29, 0.717) is 33.6 Å². The summed E-state index contributed by atoms with van der Waals surface area (Å²) in [6.07, 6.45) is 1.49. The van der Waals surface area contributed by atoms with Gasteiger partial charge in [-0.1, -0.05) is 25.6 Å². The Morgan fingerprint density at radius 1 is 1.10 bits per heavy atom. The van der Waals surface area contributed by atoms with Crippen molar-refractivity contribution in [2.24, 2.45) is 5.10 Å². The van der Waals surface area contributed by atoms with Crippen LogP contribution in [0, 0.1) is 0 Å². The minimum Gasteiger partial charge on any atom is -0.496 e. The van der Waals surface area contributed by atoms with Crippen molar-refractivity contribution in [3.63, 3.8) is 0 Å². The van der Waals surface area contributed by atoms with E-state index in [9.17, 15) is 4.79 Å². The molecular formula is C21H24N4O4S. The van der Waals surface area contributed by atoms with Gasteiger partial charge in [0.25, 0.3) is 5.91 Å². The molecule has 1 aromatic heterocycles. The summed E-state index contributed by atoms with van der Waals surface area (Å²) in [6.45, 7) is 4.20. The molecular weight excluding hydrogens is 404 g/mol. The molecule has 9 heteroatoms. The van der Waals surface area contributed by atoms with E-state index in [2.05, 4.69) is 34.3 Å². The van der Waals surface area contributed by atoms with Crippen LogP contribution in [0.3, 0.4) is 0 Å². The van der Waals surface area contributed by atoms with Gasteiger partial charge in [0.05, 0.1) is 38.6 Å². The molecule has 0 aliphatic rings. The third-order valence-electron chi connectivity index (χ3n) is 4.18. The number of hydrogen-bond donors (Lipinski definition) is 2. The molecule has 0 radical (unpaired) electrons. The van der Waals surface area contributed by atoms with Gasteiger partial charge in [-0.15, -0.1) is 0 Å². The van der Waals surface area contributed by atoms with Crippen molar-refractivity contribution in [3.05, 3.63) is 41.5 Å². The van der Waals surface area contributed by atoms with Gasteiger partial charge in [-0.05, 0) is 24.3 Å². The van der Waals surface area contributed by atoms with Crippen molar-refractivity contribution in [2.45, 2.75) is 24.3 Å². The van der Waals surface area contributed by atoms with Gasteiger partial charge >= 0.3 is 0 Å². The predicted octanol–water partition coefficient (Wildman–Crippen LogP) is 3.85. The van der Waals surface area contributed by atoms with Gasteiger partial charge in [-0.2, -0.15) is 5.10 Å². The van der Waals surface area contributed by atoms with Crippen molar-refractivity contribution in [1.82, 2.24) is 15.4 Å². The van der Waals surface area contributed by atoms with Crippen LogP contribution in [0.5, 0.6) is 17.2 Å². The van der Waals surface area contributed by atoms with Gasteiger partial charge in [0.15, 0.2) is 16.7 Å². The minimum absolute atomic E-state index is 0.333. The zero-order chi connectivity index (χ0) is 21.7. The molecule has 0 aliphatic carbocycles. The topological polar surface area (TPSA) is 97.8 Å². The quantitative estimate of drug-likeness (QED) is 0.321. The van der Waals surface area contributed by atoms with Crippen LogP contribution in [0.2, 0.25) is 0 Å². The zero-order valence-electron chi connectivity index (χ0n) is 17.5. The van der Waals surface area contributed by atoms with E-state index < -0.39 is 0 Å². The number of hydrazone groups is 1. The summed E-state index contributed by atoms with van der Waals surface area (Å²) in [4.78, 5) is 20.2. The Morgan fingerprint density at radius 2 is 1.80 bits per heavy atom. The predicted molar refractivity (Wildman–Crippen MR) is 118 cm³/mol. The van der Waals surface area contributed by atoms with Crippen LogP contribution in [-0.4, -0.2) is 48.7 Å². The second-order valence-electron chi connectivity index (χ2n) is 6.59. The Kier molecular flexibility index (Phi) is 6.83. The maximum atomic E-state index is 12.5. The Morgan fingerprint density at radius 3 is 2.47 bits per heavy atom. The number of aromatic nitrogens is 2. The standard InChI is InChI=1S/C21H24N4O4S/c1-12(2)30-21-23-15-7-6-13(8-16(15)24-21)20(26)25-22-11-14-9-18(28-4)19(29-5)10-17(14)27-3/h6-12H,1-5H3,(H,23,24)(H,25,26)/b22-11-. The molecule has 0 aliphatic heterocycles. The zero-order valence-corrected chi connectivity index (χ0v) is 18.3. The van der Waals surface area contributed by atoms with Gasteiger partial charge in [0.1, 0.15) is 5.75 Å². The van der Waals surface area contributed by atoms with Crippen LogP contribution in [0.25, 0.3) is 11.0 Å². The summed E-state index contributed by atoms with van der Waals surface area (Å²) in [5.74, 6) is 1.28. The number of ether oxygens (including phenoxy) is 3. The Bertz CT molecular complexity index is 1080. The number of nitrogens with zero attached hydrogens (tertiary/aromatic N) is 2. The first-order valence-corrected chi connectivity index (χ1v) is 10.1. The van der Waals surface area contributed by atoms with Crippen LogP contribution in [0.1, 0.15) is 29.8 Å². The number of benzene rings is 2. The Hall–Kier alpha value is -3.20. The highest BCUT2D eigenvalue weighted by Crippen LogP contribution is 2.33. The van der Waals surface area contributed by atoms with Gasteiger partial charge in [0, 0.05) is 22.4 Å². The monoisotopic (exact) mass is 428 g/mol. The molecule has 8 nitrogen and oxygen atoms in total. The number of methoxy groups -OCH3 is 3. The molecule has 0 atom stereocenters. The summed E-state index contributed by atoms with van der Waals surface area (Å²) < 4.78 is 15.9. The number of nitrogens with one attached hydrogen (secondary N) is 2. The summed E-state index contributed by atoms with van der Waals surface area (Å²) in [6, 6.07) is 8.70. The lowest BCUT2D eigenvalue weighted by Gasteiger charge is -2.11. The molecule has 2 N–H and O–H groups in total. The van der Waals surface area contributed by atoms with Gasteiger partial charge in [0.2, 0.25) is 0 Å². The van der Waals surface area contributed by atoms with E-state index in [1.807, 2.05) is 6.07 Å². The lowest BCUT2D eigenvalue weighted by Crippen LogP contribution is -2.17. The fourth-order valence-corrected chi connectivity index (χ4v) is 3.55. The van der Waals surface area contributed by atoms with E-state index in [4.69, 9.17) is 14.2 Å². The number of fused-ring (bicyclic) bond motifs is 1. The number of thioether (sulfide) groups is 1. The average Bonchev–Trinajstić information content (AvgIpc) is 3.13. The van der Waals surface area contributed by atoms with Crippen LogP contribution >= 0.6 is 11.8 Å². The molecule has 1 amide bonds. The summed E-state index contributed by atoms with van der Waals surface area (Å²) in [5, 5.41) is 5.29. The van der Waals surface area contributed by atoms with E-state index >= 15 is 0 Å². The first kappa shape index (κ1) is 21.5. The molecule has 1 heterocycles. The van der Waals surface area contributed by atoms with Crippen LogP contribution in [0.15, 0.2) is 40.6 Å². The van der Waals surface area contributed by atoms with Crippen molar-refractivity contribution in [2.75, 3.05) is 21.3 Å². The number of imidazole rings is 1. The van der Waals surface area contributed by atoms with Crippen LogP contribution in [-0.2, 0) is 0 Å². The van der Waals surface area contributed by atoms with Crippen molar-refractivity contribution in [1.29, 1.82) is 0 Å². The van der Waals surface area contributed by atoms with Crippen LogP contribution in [0.4, 0.5) is 0 Å². The van der Waals surface area contributed by atoms with E-state index in [0.717, 1.165) is 16.2 Å². The van der Waals surface area contributed by atoms with Crippen molar-refractivity contribution in [3.8, 4) is 17.2 Å².